The fraction of sp³-hybridized carbons (Fsp3) is 0.625. The second kappa shape index (κ2) is 10.7. The molecule has 3 atom stereocenters. The number of halogens is 1. The Morgan fingerprint density at radius 2 is 2.26 bits per heavy atom. The number of anilines is 1. The summed E-state index contributed by atoms with van der Waals surface area (Å²) in [6.07, 6.45) is 3.75. The SMILES string of the molecule is CO[C@H]1CN(CCCNC2N=CCC(=O)N2)CC[C@H]1NC(=O)c1cc(Cl)c(N)c2c1OC(C)(C)C2. The van der Waals surface area contributed by atoms with Crippen molar-refractivity contribution in [2.45, 2.75) is 63.6 Å². The summed E-state index contributed by atoms with van der Waals surface area (Å²) >= 11 is 6.34. The van der Waals surface area contributed by atoms with Gasteiger partial charge < -0.3 is 30.7 Å². The molecule has 0 spiro atoms. The molecule has 192 valence electrons. The molecular weight excluding hydrogens is 472 g/mol. The first-order chi connectivity index (χ1) is 16.7. The molecule has 1 unspecified atom stereocenters. The average Bonchev–Trinajstić information content (AvgIpc) is 3.15. The van der Waals surface area contributed by atoms with E-state index >= 15 is 0 Å². The molecular formula is C24H35ClN6O4. The maximum atomic E-state index is 13.3. The summed E-state index contributed by atoms with van der Waals surface area (Å²) in [5.74, 6) is 0.262. The minimum Gasteiger partial charge on any atom is -0.486 e. The summed E-state index contributed by atoms with van der Waals surface area (Å²) in [6.45, 7) is 7.09. The zero-order chi connectivity index (χ0) is 25.2. The van der Waals surface area contributed by atoms with Crippen LogP contribution in [0.3, 0.4) is 0 Å². The molecule has 1 aromatic carbocycles. The Bertz CT molecular complexity index is 1000. The van der Waals surface area contributed by atoms with E-state index in [0.717, 1.165) is 38.0 Å². The molecule has 3 aliphatic rings. The van der Waals surface area contributed by atoms with Crippen LogP contribution < -0.4 is 26.4 Å². The lowest BCUT2D eigenvalue weighted by Gasteiger charge is -2.38. The van der Waals surface area contributed by atoms with E-state index in [4.69, 9.17) is 26.8 Å². The van der Waals surface area contributed by atoms with E-state index in [1.807, 2.05) is 13.8 Å². The highest BCUT2D eigenvalue weighted by Crippen LogP contribution is 2.44. The van der Waals surface area contributed by atoms with Crippen LogP contribution in [0, 0.1) is 0 Å². The fourth-order valence-electron chi connectivity index (χ4n) is 4.87. The number of amides is 2. The molecule has 4 rings (SSSR count). The van der Waals surface area contributed by atoms with Gasteiger partial charge in [0, 0.05) is 38.4 Å². The van der Waals surface area contributed by atoms with E-state index in [2.05, 4.69) is 25.8 Å². The van der Waals surface area contributed by atoms with Crippen LogP contribution in [-0.2, 0) is 16.0 Å². The van der Waals surface area contributed by atoms with Crippen molar-refractivity contribution >= 4 is 35.3 Å². The van der Waals surface area contributed by atoms with Crippen LogP contribution in [0.2, 0.25) is 5.02 Å². The zero-order valence-electron chi connectivity index (χ0n) is 20.5. The summed E-state index contributed by atoms with van der Waals surface area (Å²) in [4.78, 5) is 31.2. The number of nitrogens with two attached hydrogens (primary N) is 1. The molecule has 3 heterocycles. The summed E-state index contributed by atoms with van der Waals surface area (Å²) in [5, 5.41) is 9.51. The van der Waals surface area contributed by atoms with Gasteiger partial charge in [-0.15, -0.1) is 0 Å². The van der Waals surface area contributed by atoms with Gasteiger partial charge in [-0.2, -0.15) is 0 Å². The van der Waals surface area contributed by atoms with E-state index in [9.17, 15) is 9.59 Å². The zero-order valence-corrected chi connectivity index (χ0v) is 21.3. The van der Waals surface area contributed by atoms with Gasteiger partial charge >= 0.3 is 0 Å². The second-order valence-electron chi connectivity index (χ2n) is 9.92. The van der Waals surface area contributed by atoms with Gasteiger partial charge in [0.05, 0.1) is 34.8 Å². The first-order valence-corrected chi connectivity index (χ1v) is 12.4. The Kier molecular flexibility index (Phi) is 7.85. The van der Waals surface area contributed by atoms with E-state index in [0.29, 0.717) is 41.4 Å². The molecule has 5 N–H and O–H groups in total. The molecule has 2 amide bonds. The number of hydrogen-bond donors (Lipinski definition) is 4. The Morgan fingerprint density at radius 1 is 1.46 bits per heavy atom. The van der Waals surface area contributed by atoms with Crippen molar-refractivity contribution in [3.63, 3.8) is 0 Å². The molecule has 3 aliphatic heterocycles. The number of aliphatic imine (C=N–C) groups is 1. The maximum Gasteiger partial charge on any atom is 0.255 e. The number of ether oxygens (including phenoxy) is 2. The monoisotopic (exact) mass is 506 g/mol. The third kappa shape index (κ3) is 6.06. The number of piperidine rings is 1. The summed E-state index contributed by atoms with van der Waals surface area (Å²) < 4.78 is 11.8. The van der Waals surface area contributed by atoms with Gasteiger partial charge in [0.15, 0.2) is 6.29 Å². The number of nitrogens with zero attached hydrogens (tertiary/aromatic N) is 2. The van der Waals surface area contributed by atoms with E-state index in [-0.39, 0.29) is 30.2 Å². The summed E-state index contributed by atoms with van der Waals surface area (Å²) in [7, 11) is 1.67. The molecule has 0 aliphatic carbocycles. The number of nitrogen functional groups attached to an aromatic ring is 1. The molecule has 10 nitrogen and oxygen atoms in total. The van der Waals surface area contributed by atoms with Crippen molar-refractivity contribution in [1.29, 1.82) is 0 Å². The van der Waals surface area contributed by atoms with Crippen molar-refractivity contribution in [2.75, 3.05) is 39.0 Å². The largest absolute Gasteiger partial charge is 0.486 e. The lowest BCUT2D eigenvalue weighted by Crippen LogP contribution is -2.55. The molecule has 0 radical (unpaired) electrons. The van der Waals surface area contributed by atoms with Crippen LogP contribution in [0.15, 0.2) is 11.1 Å². The van der Waals surface area contributed by atoms with E-state index in [1.165, 1.54) is 0 Å². The highest BCUT2D eigenvalue weighted by Gasteiger charge is 2.37. The smallest absolute Gasteiger partial charge is 0.255 e. The number of benzene rings is 1. The third-order valence-electron chi connectivity index (χ3n) is 6.68. The number of fused-ring (bicyclic) bond motifs is 1. The highest BCUT2D eigenvalue weighted by atomic mass is 35.5. The predicted molar refractivity (Wildman–Crippen MR) is 135 cm³/mol. The Labute approximate surface area is 210 Å². The fourth-order valence-corrected chi connectivity index (χ4v) is 5.09. The molecule has 1 fully saturated rings. The molecule has 0 saturated carbocycles. The Morgan fingerprint density at radius 3 is 3.00 bits per heavy atom. The first kappa shape index (κ1) is 25.7. The minimum absolute atomic E-state index is 0.0222. The van der Waals surface area contributed by atoms with E-state index < -0.39 is 5.60 Å². The Hall–Kier alpha value is -2.40. The van der Waals surface area contributed by atoms with Crippen LogP contribution >= 0.6 is 11.6 Å². The topological polar surface area (TPSA) is 130 Å². The molecule has 0 bridgehead atoms. The number of rotatable bonds is 8. The van der Waals surface area contributed by atoms with Gasteiger partial charge in [0.25, 0.3) is 5.91 Å². The van der Waals surface area contributed by atoms with Crippen molar-refractivity contribution in [3.8, 4) is 5.75 Å². The number of carbonyl (C=O) groups is 2. The van der Waals surface area contributed by atoms with Gasteiger partial charge in [0.1, 0.15) is 11.4 Å². The number of nitrogens with one attached hydrogen (secondary N) is 3. The Balaban J connectivity index is 1.30. The van der Waals surface area contributed by atoms with Gasteiger partial charge in [0.2, 0.25) is 5.91 Å². The van der Waals surface area contributed by atoms with Crippen molar-refractivity contribution in [3.05, 3.63) is 22.2 Å². The third-order valence-corrected chi connectivity index (χ3v) is 6.99. The van der Waals surface area contributed by atoms with Crippen LogP contribution in [0.1, 0.15) is 49.0 Å². The number of likely N-dealkylation sites (tertiary alicyclic amines) is 1. The number of methoxy groups -OCH3 is 1. The average molecular weight is 507 g/mol. The van der Waals surface area contributed by atoms with Crippen LogP contribution in [0.25, 0.3) is 0 Å². The highest BCUT2D eigenvalue weighted by molar-refractivity contribution is 6.33. The summed E-state index contributed by atoms with van der Waals surface area (Å²) in [6, 6.07) is 1.46. The molecule has 1 saturated heterocycles. The van der Waals surface area contributed by atoms with Gasteiger partial charge in [-0.05, 0) is 45.8 Å². The van der Waals surface area contributed by atoms with Crippen LogP contribution in [0.4, 0.5) is 5.69 Å². The summed E-state index contributed by atoms with van der Waals surface area (Å²) in [5.41, 5.74) is 7.39. The van der Waals surface area contributed by atoms with Crippen LogP contribution in [0.5, 0.6) is 5.75 Å². The quantitative estimate of drug-likeness (QED) is 0.309. The standard InChI is InChI=1S/C24H35ClN6O4/c1-24(2)12-15-20(26)16(25)11-14(21(15)35-24)22(33)29-17-6-10-31(13-18(17)34-3)9-4-7-27-23-28-8-5-19(32)30-23/h8,11,17-18,23,27H,4-7,9-10,12-13,26H2,1-3H3,(H,29,33)(H,30,32)/t17-,18+,23?/m1/s1. The van der Waals surface area contributed by atoms with Crippen molar-refractivity contribution in [1.82, 2.24) is 20.9 Å². The van der Waals surface area contributed by atoms with E-state index in [1.54, 1.807) is 19.4 Å². The molecule has 35 heavy (non-hydrogen) atoms. The van der Waals surface area contributed by atoms with Crippen molar-refractivity contribution < 1.29 is 19.1 Å². The van der Waals surface area contributed by atoms with Gasteiger partial charge in [-0.1, -0.05) is 11.6 Å². The lowest BCUT2D eigenvalue weighted by molar-refractivity contribution is -0.121. The second-order valence-corrected chi connectivity index (χ2v) is 10.3. The van der Waals surface area contributed by atoms with Crippen LogP contribution in [-0.4, -0.2) is 80.3 Å². The molecule has 1 aromatic rings. The molecule has 0 aromatic heterocycles. The normalized spacial score (nSPS) is 25.6. The minimum atomic E-state index is -0.444. The molecule has 11 heteroatoms. The van der Waals surface area contributed by atoms with Gasteiger partial charge in [-0.3, -0.25) is 19.9 Å². The number of carbonyl (C=O) groups excluding carboxylic acids is 2. The number of hydrogen-bond acceptors (Lipinski definition) is 8. The maximum absolute atomic E-state index is 13.3. The first-order valence-electron chi connectivity index (χ1n) is 12.1. The van der Waals surface area contributed by atoms with Crippen molar-refractivity contribution in [2.24, 2.45) is 4.99 Å². The van der Waals surface area contributed by atoms with Gasteiger partial charge in [-0.25, -0.2) is 0 Å². The lowest BCUT2D eigenvalue weighted by atomic mass is 9.97. The predicted octanol–water partition coefficient (Wildman–Crippen LogP) is 1.31.